The van der Waals surface area contributed by atoms with E-state index in [9.17, 15) is 5.26 Å². The molecule has 0 aliphatic rings. The molecule has 0 saturated heterocycles. The molecule has 0 aliphatic carbocycles. The molecule has 0 aliphatic heterocycles. The molecule has 0 fully saturated rings. The van der Waals surface area contributed by atoms with E-state index in [4.69, 9.17) is 0 Å². The van der Waals surface area contributed by atoms with Gasteiger partial charge >= 0.3 is 0 Å². The Balaban J connectivity index is 1.55. The molecule has 0 amide bonds. The van der Waals surface area contributed by atoms with E-state index < -0.39 is 0 Å². The highest BCUT2D eigenvalue weighted by atomic mass is 32.1. The van der Waals surface area contributed by atoms with Gasteiger partial charge in [-0.2, -0.15) is 5.26 Å². The fourth-order valence-electron chi connectivity index (χ4n) is 4.98. The van der Waals surface area contributed by atoms with Crippen LogP contribution < -0.4 is 0 Å². The van der Waals surface area contributed by atoms with Crippen LogP contribution in [0.2, 0.25) is 0 Å². The number of para-hydroxylation sites is 1. The summed E-state index contributed by atoms with van der Waals surface area (Å²) in [5, 5.41) is 14.5. The highest BCUT2D eigenvalue weighted by Crippen LogP contribution is 2.43. The average molecular weight is 452 g/mol. The van der Waals surface area contributed by atoms with Crippen molar-refractivity contribution in [3.63, 3.8) is 0 Å². The Bertz CT molecular complexity index is 1930. The third kappa shape index (κ3) is 2.71. The molecule has 0 atom stereocenters. The molecule has 0 radical (unpaired) electrons. The number of thiophene rings is 1. The fraction of sp³-hybridized carbons (Fsp3) is 0. The molecule has 4 heteroatoms. The number of fused-ring (bicyclic) bond motifs is 7. The molecule has 0 N–H and O–H groups in total. The Morgan fingerprint density at radius 1 is 0.735 bits per heavy atom. The molecule has 7 rings (SSSR count). The summed E-state index contributed by atoms with van der Waals surface area (Å²) in [6, 6.07) is 36.0. The lowest BCUT2D eigenvalue weighted by atomic mass is 10.1. The van der Waals surface area contributed by atoms with Gasteiger partial charge in [0, 0.05) is 48.4 Å². The summed E-state index contributed by atoms with van der Waals surface area (Å²) in [6.07, 6.45) is 1.69. The van der Waals surface area contributed by atoms with Gasteiger partial charge in [-0.15, -0.1) is 11.3 Å². The molecular formula is C30H17N3S. The lowest BCUT2D eigenvalue weighted by Gasteiger charge is -2.10. The quantitative estimate of drug-likeness (QED) is 0.266. The summed E-state index contributed by atoms with van der Waals surface area (Å²) < 4.78 is 4.98. The maximum Gasteiger partial charge on any atom is 0.0992 e. The molecule has 0 unspecified atom stereocenters. The van der Waals surface area contributed by atoms with Crippen LogP contribution in [0.1, 0.15) is 5.56 Å². The van der Waals surface area contributed by atoms with E-state index in [1.807, 2.05) is 23.5 Å². The van der Waals surface area contributed by atoms with E-state index in [1.54, 1.807) is 12.3 Å². The summed E-state index contributed by atoms with van der Waals surface area (Å²) in [5.74, 6) is 0. The zero-order valence-electron chi connectivity index (χ0n) is 18.1. The minimum absolute atomic E-state index is 0.611. The minimum atomic E-state index is 0.611. The first-order chi connectivity index (χ1) is 16.8. The summed E-state index contributed by atoms with van der Waals surface area (Å²) in [5.41, 5.74) is 5.85. The fourth-order valence-corrected chi connectivity index (χ4v) is 6.23. The van der Waals surface area contributed by atoms with Crippen LogP contribution in [-0.4, -0.2) is 9.55 Å². The van der Waals surface area contributed by atoms with Crippen molar-refractivity contribution in [2.45, 2.75) is 0 Å². The molecule has 3 aromatic heterocycles. The van der Waals surface area contributed by atoms with Gasteiger partial charge in [0.05, 0.1) is 28.4 Å². The summed E-state index contributed by atoms with van der Waals surface area (Å²) in [7, 11) is 0. The smallest absolute Gasteiger partial charge is 0.0992 e. The van der Waals surface area contributed by atoms with Crippen molar-refractivity contribution in [1.29, 1.82) is 5.26 Å². The van der Waals surface area contributed by atoms with Crippen LogP contribution in [0.3, 0.4) is 0 Å². The van der Waals surface area contributed by atoms with Crippen LogP contribution in [0, 0.1) is 11.3 Å². The van der Waals surface area contributed by atoms with Gasteiger partial charge in [-0.05, 0) is 42.5 Å². The standard InChI is InChI=1S/C30H17N3S/c31-18-19-14-15-32-25(16-19)20-6-5-7-21(17-20)33-26-10-3-1-9-24(26)29-27(33)13-12-23-22-8-2-4-11-28(22)34-30(23)29/h1-17H. The molecular weight excluding hydrogens is 434 g/mol. The van der Waals surface area contributed by atoms with E-state index >= 15 is 0 Å². The Hall–Kier alpha value is -4.46. The average Bonchev–Trinajstić information content (AvgIpc) is 3.44. The first-order valence-electron chi connectivity index (χ1n) is 11.1. The zero-order chi connectivity index (χ0) is 22.6. The van der Waals surface area contributed by atoms with Crippen molar-refractivity contribution in [2.24, 2.45) is 0 Å². The number of hydrogen-bond donors (Lipinski definition) is 0. The molecule has 158 valence electrons. The number of nitrogens with zero attached hydrogens (tertiary/aromatic N) is 3. The second-order valence-electron chi connectivity index (χ2n) is 8.38. The normalized spacial score (nSPS) is 11.5. The third-order valence-corrected chi connectivity index (χ3v) is 7.67. The van der Waals surface area contributed by atoms with Gasteiger partial charge in [0.15, 0.2) is 0 Å². The predicted molar refractivity (Wildman–Crippen MR) is 142 cm³/mol. The maximum absolute atomic E-state index is 9.31. The molecule has 0 saturated carbocycles. The number of hydrogen-bond acceptors (Lipinski definition) is 3. The van der Waals surface area contributed by atoms with Crippen LogP contribution in [0.5, 0.6) is 0 Å². The van der Waals surface area contributed by atoms with Gasteiger partial charge in [0.2, 0.25) is 0 Å². The second-order valence-corrected chi connectivity index (χ2v) is 9.43. The monoisotopic (exact) mass is 451 g/mol. The third-order valence-electron chi connectivity index (χ3n) is 6.47. The number of rotatable bonds is 2. The number of benzene rings is 4. The Kier molecular flexibility index (Phi) is 4.08. The molecule has 3 nitrogen and oxygen atoms in total. The van der Waals surface area contributed by atoms with Crippen molar-refractivity contribution in [3.05, 3.63) is 109 Å². The van der Waals surface area contributed by atoms with Gasteiger partial charge in [0.1, 0.15) is 0 Å². The summed E-state index contributed by atoms with van der Waals surface area (Å²) in [4.78, 5) is 4.51. The maximum atomic E-state index is 9.31. The van der Waals surface area contributed by atoms with E-state index in [0.29, 0.717) is 5.56 Å². The first-order valence-corrected chi connectivity index (χ1v) is 11.9. The van der Waals surface area contributed by atoms with Crippen molar-refractivity contribution >= 4 is 53.3 Å². The summed E-state index contributed by atoms with van der Waals surface area (Å²) >= 11 is 1.86. The van der Waals surface area contributed by atoms with E-state index in [2.05, 4.69) is 94.5 Å². The molecule has 34 heavy (non-hydrogen) atoms. The number of pyridine rings is 1. The molecule has 0 bridgehead atoms. The lowest BCUT2D eigenvalue weighted by molar-refractivity contribution is 1.18. The molecule has 4 aromatic carbocycles. The van der Waals surface area contributed by atoms with Crippen LogP contribution in [0.15, 0.2) is 103 Å². The van der Waals surface area contributed by atoms with Crippen molar-refractivity contribution in [3.8, 4) is 23.0 Å². The van der Waals surface area contributed by atoms with Gasteiger partial charge in [-0.3, -0.25) is 4.98 Å². The number of nitriles is 1. The second kappa shape index (κ2) is 7.28. The predicted octanol–water partition coefficient (Wildman–Crippen LogP) is 8.09. The van der Waals surface area contributed by atoms with Crippen LogP contribution >= 0.6 is 11.3 Å². The van der Waals surface area contributed by atoms with E-state index in [1.165, 1.54) is 42.0 Å². The largest absolute Gasteiger partial charge is 0.309 e. The molecule has 0 spiro atoms. The molecule has 3 heterocycles. The van der Waals surface area contributed by atoms with Crippen molar-refractivity contribution < 1.29 is 0 Å². The Morgan fingerprint density at radius 3 is 2.50 bits per heavy atom. The lowest BCUT2D eigenvalue weighted by Crippen LogP contribution is -1.94. The van der Waals surface area contributed by atoms with Gasteiger partial charge in [-0.1, -0.05) is 54.6 Å². The van der Waals surface area contributed by atoms with Crippen LogP contribution in [-0.2, 0) is 0 Å². The minimum Gasteiger partial charge on any atom is -0.309 e. The highest BCUT2D eigenvalue weighted by Gasteiger charge is 2.17. The van der Waals surface area contributed by atoms with Crippen LogP contribution in [0.4, 0.5) is 0 Å². The Labute approximate surface area is 199 Å². The van der Waals surface area contributed by atoms with Gasteiger partial charge in [0.25, 0.3) is 0 Å². The van der Waals surface area contributed by atoms with Crippen LogP contribution in [0.25, 0.3) is 58.9 Å². The van der Waals surface area contributed by atoms with Gasteiger partial charge < -0.3 is 4.57 Å². The van der Waals surface area contributed by atoms with Crippen molar-refractivity contribution in [2.75, 3.05) is 0 Å². The van der Waals surface area contributed by atoms with Crippen molar-refractivity contribution in [1.82, 2.24) is 9.55 Å². The first kappa shape index (κ1) is 19.0. The van der Waals surface area contributed by atoms with E-state index in [0.717, 1.165) is 16.9 Å². The van der Waals surface area contributed by atoms with Gasteiger partial charge in [-0.25, -0.2) is 0 Å². The Morgan fingerprint density at radius 2 is 1.59 bits per heavy atom. The zero-order valence-corrected chi connectivity index (χ0v) is 18.9. The molecule has 7 aromatic rings. The highest BCUT2D eigenvalue weighted by molar-refractivity contribution is 7.26. The summed E-state index contributed by atoms with van der Waals surface area (Å²) in [6.45, 7) is 0. The topological polar surface area (TPSA) is 41.6 Å². The number of aromatic nitrogens is 2. The van der Waals surface area contributed by atoms with E-state index in [-0.39, 0.29) is 0 Å². The SMILES string of the molecule is N#Cc1ccnc(-c2cccc(-n3c4ccccc4c4c5sc6ccccc6c5ccc43)c2)c1.